The van der Waals surface area contributed by atoms with E-state index in [-0.39, 0.29) is 17.9 Å². The van der Waals surface area contributed by atoms with Gasteiger partial charge in [0.25, 0.3) is 0 Å². The second-order valence-corrected chi connectivity index (χ2v) is 3.75. The van der Waals surface area contributed by atoms with Crippen molar-refractivity contribution < 1.29 is 9.59 Å². The van der Waals surface area contributed by atoms with Gasteiger partial charge in [-0.2, -0.15) is 0 Å². The van der Waals surface area contributed by atoms with Crippen molar-refractivity contribution in [2.45, 2.75) is 25.3 Å². The van der Waals surface area contributed by atoms with Crippen molar-refractivity contribution in [3.63, 3.8) is 0 Å². The molecule has 2 aliphatic rings. The lowest BCUT2D eigenvalue weighted by molar-refractivity contribution is -0.138. The van der Waals surface area contributed by atoms with Crippen LogP contribution in [-0.4, -0.2) is 47.8 Å². The van der Waals surface area contributed by atoms with Gasteiger partial charge in [-0.25, -0.2) is 0 Å². The predicted octanol–water partition coefficient (Wildman–Crippen LogP) is -0.161. The number of hydrogen-bond donors (Lipinski definition) is 0. The number of amides is 2. The number of fused-ring (bicyclic) bond motifs is 1. The molecule has 0 spiro atoms. The van der Waals surface area contributed by atoms with Crippen molar-refractivity contribution in [3.8, 4) is 0 Å². The standard InChI is InChI=1S/C9H14N2O2/c1-10-6-4-8(12)11-5-2-3-7(11)9(10)13/h7H,2-6H2,1H3. The molecule has 0 N–H and O–H groups in total. The van der Waals surface area contributed by atoms with E-state index in [2.05, 4.69) is 0 Å². The van der Waals surface area contributed by atoms with Crippen LogP contribution in [0.3, 0.4) is 0 Å². The van der Waals surface area contributed by atoms with Gasteiger partial charge in [-0.3, -0.25) is 9.59 Å². The minimum atomic E-state index is -0.153. The summed E-state index contributed by atoms with van der Waals surface area (Å²) in [5.41, 5.74) is 0. The Morgan fingerprint density at radius 1 is 1.31 bits per heavy atom. The van der Waals surface area contributed by atoms with Gasteiger partial charge in [0.2, 0.25) is 11.8 Å². The summed E-state index contributed by atoms with van der Waals surface area (Å²) in [5, 5.41) is 0. The number of carbonyl (C=O) groups excluding carboxylic acids is 2. The van der Waals surface area contributed by atoms with E-state index < -0.39 is 0 Å². The fourth-order valence-electron chi connectivity index (χ4n) is 2.09. The molecule has 2 saturated heterocycles. The Morgan fingerprint density at radius 2 is 2.08 bits per heavy atom. The first kappa shape index (κ1) is 8.53. The minimum absolute atomic E-state index is 0.114. The first-order valence-corrected chi connectivity index (χ1v) is 4.74. The lowest BCUT2D eigenvalue weighted by atomic mass is 10.2. The van der Waals surface area contributed by atoms with Gasteiger partial charge in [-0.1, -0.05) is 0 Å². The highest BCUT2D eigenvalue weighted by molar-refractivity contribution is 5.90. The molecule has 0 bridgehead atoms. The van der Waals surface area contributed by atoms with Crippen LogP contribution in [0.25, 0.3) is 0 Å². The van der Waals surface area contributed by atoms with Crippen molar-refractivity contribution in [1.29, 1.82) is 0 Å². The number of carbonyl (C=O) groups is 2. The molecule has 1 atom stereocenters. The van der Waals surface area contributed by atoms with Crippen molar-refractivity contribution in [1.82, 2.24) is 9.80 Å². The summed E-state index contributed by atoms with van der Waals surface area (Å²) >= 11 is 0. The Balaban J connectivity index is 2.24. The minimum Gasteiger partial charge on any atom is -0.343 e. The van der Waals surface area contributed by atoms with Crippen LogP contribution in [-0.2, 0) is 9.59 Å². The molecule has 0 aromatic carbocycles. The highest BCUT2D eigenvalue weighted by atomic mass is 16.2. The molecule has 2 heterocycles. The molecule has 2 fully saturated rings. The van der Waals surface area contributed by atoms with Gasteiger partial charge in [0.05, 0.1) is 0 Å². The molecule has 0 saturated carbocycles. The molecule has 72 valence electrons. The Kier molecular flexibility index (Phi) is 1.98. The van der Waals surface area contributed by atoms with Gasteiger partial charge in [-0.05, 0) is 12.8 Å². The first-order valence-electron chi connectivity index (χ1n) is 4.74. The van der Waals surface area contributed by atoms with Gasteiger partial charge in [0.1, 0.15) is 6.04 Å². The first-order chi connectivity index (χ1) is 6.20. The third kappa shape index (κ3) is 1.30. The van der Waals surface area contributed by atoms with Crippen molar-refractivity contribution in [2.75, 3.05) is 20.1 Å². The maximum atomic E-state index is 11.7. The van der Waals surface area contributed by atoms with Gasteiger partial charge < -0.3 is 9.80 Å². The molecular weight excluding hydrogens is 168 g/mol. The van der Waals surface area contributed by atoms with Crippen LogP contribution in [0.5, 0.6) is 0 Å². The predicted molar refractivity (Wildman–Crippen MR) is 47.0 cm³/mol. The van der Waals surface area contributed by atoms with E-state index >= 15 is 0 Å². The van der Waals surface area contributed by atoms with E-state index in [9.17, 15) is 9.59 Å². The summed E-state index contributed by atoms with van der Waals surface area (Å²) in [4.78, 5) is 26.7. The van der Waals surface area contributed by atoms with E-state index in [1.807, 2.05) is 0 Å². The lowest BCUT2D eigenvalue weighted by Crippen LogP contribution is -2.42. The largest absolute Gasteiger partial charge is 0.343 e. The van der Waals surface area contributed by atoms with E-state index in [0.717, 1.165) is 19.4 Å². The van der Waals surface area contributed by atoms with Gasteiger partial charge in [-0.15, -0.1) is 0 Å². The fraction of sp³-hybridized carbons (Fsp3) is 0.778. The summed E-state index contributed by atoms with van der Waals surface area (Å²) in [6.07, 6.45) is 2.30. The summed E-state index contributed by atoms with van der Waals surface area (Å²) in [6, 6.07) is -0.153. The molecule has 13 heavy (non-hydrogen) atoms. The Morgan fingerprint density at radius 3 is 2.85 bits per heavy atom. The van der Waals surface area contributed by atoms with Crippen LogP contribution in [0, 0.1) is 0 Å². The lowest BCUT2D eigenvalue weighted by Gasteiger charge is -2.22. The van der Waals surface area contributed by atoms with Crippen LogP contribution in [0.1, 0.15) is 19.3 Å². The highest BCUT2D eigenvalue weighted by Crippen LogP contribution is 2.22. The molecule has 2 rings (SSSR count). The van der Waals surface area contributed by atoms with E-state index in [1.54, 1.807) is 16.8 Å². The fourth-order valence-corrected chi connectivity index (χ4v) is 2.09. The Bertz CT molecular complexity index is 252. The molecule has 4 heteroatoms. The summed E-state index contributed by atoms with van der Waals surface area (Å²) < 4.78 is 0. The summed E-state index contributed by atoms with van der Waals surface area (Å²) in [7, 11) is 1.78. The maximum absolute atomic E-state index is 11.7. The van der Waals surface area contributed by atoms with Crippen LogP contribution in [0.4, 0.5) is 0 Å². The average Bonchev–Trinajstić information content (AvgIpc) is 2.57. The third-order valence-electron chi connectivity index (χ3n) is 2.90. The highest BCUT2D eigenvalue weighted by Gasteiger charge is 2.37. The smallest absolute Gasteiger partial charge is 0.245 e. The molecule has 4 nitrogen and oxygen atoms in total. The topological polar surface area (TPSA) is 40.6 Å². The molecule has 2 amide bonds. The van der Waals surface area contributed by atoms with E-state index in [0.29, 0.717) is 13.0 Å². The van der Waals surface area contributed by atoms with Crippen LogP contribution < -0.4 is 0 Å². The molecule has 0 radical (unpaired) electrons. The van der Waals surface area contributed by atoms with Crippen LogP contribution >= 0.6 is 0 Å². The van der Waals surface area contributed by atoms with E-state index in [1.165, 1.54) is 0 Å². The van der Waals surface area contributed by atoms with Crippen molar-refractivity contribution in [3.05, 3.63) is 0 Å². The zero-order chi connectivity index (χ0) is 9.42. The van der Waals surface area contributed by atoms with Gasteiger partial charge in [0, 0.05) is 26.6 Å². The quantitative estimate of drug-likeness (QED) is 0.522. The zero-order valence-electron chi connectivity index (χ0n) is 7.82. The monoisotopic (exact) mass is 182 g/mol. The molecule has 0 aromatic heterocycles. The number of likely N-dealkylation sites (N-methyl/N-ethyl adjacent to an activating group) is 1. The number of hydrogen-bond acceptors (Lipinski definition) is 2. The van der Waals surface area contributed by atoms with E-state index in [4.69, 9.17) is 0 Å². The molecule has 2 aliphatic heterocycles. The van der Waals surface area contributed by atoms with Gasteiger partial charge in [0.15, 0.2) is 0 Å². The van der Waals surface area contributed by atoms with Crippen LogP contribution in [0.2, 0.25) is 0 Å². The molecular formula is C9H14N2O2. The molecule has 0 aromatic rings. The second-order valence-electron chi connectivity index (χ2n) is 3.75. The van der Waals surface area contributed by atoms with Gasteiger partial charge >= 0.3 is 0 Å². The summed E-state index contributed by atoms with van der Waals surface area (Å²) in [5.74, 6) is 0.253. The number of rotatable bonds is 0. The SMILES string of the molecule is CN1CCC(=O)N2CCCC2C1=O. The second kappa shape index (κ2) is 3.01. The molecule has 0 aliphatic carbocycles. The zero-order valence-corrected chi connectivity index (χ0v) is 7.82. The molecule has 1 unspecified atom stereocenters. The third-order valence-corrected chi connectivity index (χ3v) is 2.90. The van der Waals surface area contributed by atoms with Crippen LogP contribution in [0.15, 0.2) is 0 Å². The normalized spacial score (nSPS) is 29.2. The average molecular weight is 182 g/mol. The Hall–Kier alpha value is -1.06. The maximum Gasteiger partial charge on any atom is 0.245 e. The van der Waals surface area contributed by atoms with Crippen molar-refractivity contribution >= 4 is 11.8 Å². The number of nitrogens with zero attached hydrogens (tertiary/aromatic N) is 2. The Labute approximate surface area is 77.5 Å². The summed E-state index contributed by atoms with van der Waals surface area (Å²) in [6.45, 7) is 1.34. The van der Waals surface area contributed by atoms with Crippen molar-refractivity contribution in [2.24, 2.45) is 0 Å².